The smallest absolute Gasteiger partial charge is 0.269 e. The molecule has 0 saturated carbocycles. The van der Waals surface area contributed by atoms with Gasteiger partial charge in [0.15, 0.2) is 10.8 Å². The molecule has 3 heterocycles. The summed E-state index contributed by atoms with van der Waals surface area (Å²) in [6.07, 6.45) is 6.26. The van der Waals surface area contributed by atoms with Gasteiger partial charge in [-0.05, 0) is 43.4 Å². The second-order valence-electron chi connectivity index (χ2n) is 6.95. The van der Waals surface area contributed by atoms with Crippen molar-refractivity contribution in [2.24, 2.45) is 0 Å². The number of thiophene rings is 1. The van der Waals surface area contributed by atoms with Gasteiger partial charge in [0.1, 0.15) is 11.2 Å². The van der Waals surface area contributed by atoms with Gasteiger partial charge in [0.25, 0.3) is 5.69 Å². The van der Waals surface area contributed by atoms with Gasteiger partial charge in [0.2, 0.25) is 5.91 Å². The van der Waals surface area contributed by atoms with Crippen molar-refractivity contribution in [3.05, 3.63) is 51.1 Å². The fourth-order valence-corrected chi connectivity index (χ4v) is 5.55. The highest BCUT2D eigenvalue weighted by Crippen LogP contribution is 2.37. The van der Waals surface area contributed by atoms with Crippen LogP contribution in [0.25, 0.3) is 15.9 Å². The minimum atomic E-state index is -0.479. The molecule has 1 aliphatic carbocycles. The zero-order valence-corrected chi connectivity index (χ0v) is 17.3. The minimum absolute atomic E-state index is 0.0215. The molecule has 1 N–H and O–H groups in total. The summed E-state index contributed by atoms with van der Waals surface area (Å²) in [5.74, 6) is -0.0926. The molecule has 0 bridgehead atoms. The number of non-ortho nitro benzene ring substituents is 1. The van der Waals surface area contributed by atoms with Crippen molar-refractivity contribution in [2.45, 2.75) is 30.8 Å². The zero-order chi connectivity index (χ0) is 20.7. The predicted octanol–water partition coefficient (Wildman–Crippen LogP) is 3.86. The number of nitrogens with zero attached hydrogens (tertiary/aromatic N) is 5. The molecule has 1 aliphatic rings. The quantitative estimate of drug-likeness (QED) is 0.285. The number of rotatable bonds is 5. The Kier molecular flexibility index (Phi) is 4.83. The Morgan fingerprint density at radius 2 is 2.03 bits per heavy atom. The van der Waals surface area contributed by atoms with Gasteiger partial charge in [-0.15, -0.1) is 21.5 Å². The number of nitro benzene ring substituents is 1. The second-order valence-corrected chi connectivity index (χ2v) is 8.98. The Bertz CT molecular complexity index is 1280. The van der Waals surface area contributed by atoms with Crippen LogP contribution in [0.15, 0.2) is 35.7 Å². The van der Waals surface area contributed by atoms with E-state index in [4.69, 9.17) is 0 Å². The van der Waals surface area contributed by atoms with Crippen LogP contribution in [0, 0.1) is 10.1 Å². The minimum Gasteiger partial charge on any atom is -0.325 e. The SMILES string of the molecule is O=C(CSc1nnc2c3c4c(sc3ncn12)CCCC4)Nc1ccc([N+](=O)[O-])cc1. The number of aryl methyl sites for hydroxylation is 2. The highest BCUT2D eigenvalue weighted by Gasteiger charge is 2.21. The summed E-state index contributed by atoms with van der Waals surface area (Å²) in [6.45, 7) is 0. The lowest BCUT2D eigenvalue weighted by atomic mass is 9.97. The largest absolute Gasteiger partial charge is 0.325 e. The first kappa shape index (κ1) is 18.9. The molecular formula is C19H16N6O3S2. The lowest BCUT2D eigenvalue weighted by Gasteiger charge is -2.10. The number of hydrogen-bond acceptors (Lipinski definition) is 8. The molecule has 0 aliphatic heterocycles. The van der Waals surface area contributed by atoms with Crippen LogP contribution in [0.5, 0.6) is 0 Å². The van der Waals surface area contributed by atoms with Crippen molar-refractivity contribution in [2.75, 3.05) is 11.1 Å². The van der Waals surface area contributed by atoms with E-state index in [0.717, 1.165) is 28.7 Å². The topological polar surface area (TPSA) is 115 Å². The van der Waals surface area contributed by atoms with E-state index in [2.05, 4.69) is 20.5 Å². The molecule has 3 aromatic heterocycles. The molecule has 1 aromatic carbocycles. The van der Waals surface area contributed by atoms with Gasteiger partial charge in [-0.2, -0.15) is 0 Å². The molecule has 0 radical (unpaired) electrons. The molecule has 30 heavy (non-hydrogen) atoms. The normalized spacial score (nSPS) is 13.5. The number of benzene rings is 1. The highest BCUT2D eigenvalue weighted by atomic mass is 32.2. The van der Waals surface area contributed by atoms with Gasteiger partial charge in [-0.1, -0.05) is 11.8 Å². The van der Waals surface area contributed by atoms with Crippen molar-refractivity contribution in [1.29, 1.82) is 0 Å². The number of nitro groups is 1. The number of amides is 1. The number of hydrogen-bond donors (Lipinski definition) is 1. The molecule has 4 aromatic rings. The Labute approximate surface area is 178 Å². The van der Waals surface area contributed by atoms with Crippen molar-refractivity contribution in [3.8, 4) is 0 Å². The predicted molar refractivity (Wildman–Crippen MR) is 115 cm³/mol. The van der Waals surface area contributed by atoms with Crippen LogP contribution in [0.4, 0.5) is 11.4 Å². The molecule has 0 fully saturated rings. The standard InChI is InChI=1S/C19H16N6O3S2/c26-15(21-11-5-7-12(8-6-11)25(27)28)9-29-19-23-22-17-16-13-3-1-2-4-14(13)30-18(16)20-10-24(17)19/h5-8,10H,1-4,9H2,(H,21,26). The molecular weight excluding hydrogens is 424 g/mol. The summed E-state index contributed by atoms with van der Waals surface area (Å²) in [5.41, 5.74) is 2.62. The molecule has 0 atom stereocenters. The van der Waals surface area contributed by atoms with Crippen molar-refractivity contribution in [3.63, 3.8) is 0 Å². The Balaban J connectivity index is 1.33. The summed E-state index contributed by atoms with van der Waals surface area (Å²) in [5, 5.41) is 23.8. The first-order valence-corrected chi connectivity index (χ1v) is 11.2. The van der Waals surface area contributed by atoms with E-state index in [-0.39, 0.29) is 17.3 Å². The Morgan fingerprint density at radius 1 is 1.23 bits per heavy atom. The van der Waals surface area contributed by atoms with Gasteiger partial charge in [0.05, 0.1) is 16.1 Å². The van der Waals surface area contributed by atoms with Crippen LogP contribution >= 0.6 is 23.1 Å². The van der Waals surface area contributed by atoms with Crippen LogP contribution in [-0.2, 0) is 17.6 Å². The maximum absolute atomic E-state index is 12.3. The van der Waals surface area contributed by atoms with Gasteiger partial charge in [-0.3, -0.25) is 19.3 Å². The maximum Gasteiger partial charge on any atom is 0.269 e. The third-order valence-electron chi connectivity index (χ3n) is 5.03. The van der Waals surface area contributed by atoms with Gasteiger partial charge < -0.3 is 5.32 Å². The third kappa shape index (κ3) is 3.39. The van der Waals surface area contributed by atoms with E-state index < -0.39 is 4.92 Å². The number of carbonyl (C=O) groups excluding carboxylic acids is 1. The van der Waals surface area contributed by atoms with E-state index in [1.54, 1.807) is 17.7 Å². The van der Waals surface area contributed by atoms with Crippen LogP contribution in [0.3, 0.4) is 0 Å². The van der Waals surface area contributed by atoms with Crippen LogP contribution in [-0.4, -0.2) is 36.2 Å². The van der Waals surface area contributed by atoms with Crippen LogP contribution in [0.2, 0.25) is 0 Å². The number of anilines is 1. The number of nitrogens with one attached hydrogen (secondary N) is 1. The molecule has 9 nitrogen and oxygen atoms in total. The summed E-state index contributed by atoms with van der Waals surface area (Å²) >= 11 is 3.01. The van der Waals surface area contributed by atoms with E-state index in [1.165, 1.54) is 59.3 Å². The molecule has 0 unspecified atom stereocenters. The average Bonchev–Trinajstić information content (AvgIpc) is 3.33. The summed E-state index contributed by atoms with van der Waals surface area (Å²) in [4.78, 5) is 29.5. The van der Waals surface area contributed by atoms with Crippen molar-refractivity contribution in [1.82, 2.24) is 19.6 Å². The zero-order valence-electron chi connectivity index (χ0n) is 15.7. The number of fused-ring (bicyclic) bond motifs is 5. The van der Waals surface area contributed by atoms with Crippen LogP contribution in [0.1, 0.15) is 23.3 Å². The van der Waals surface area contributed by atoms with Gasteiger partial charge >= 0.3 is 0 Å². The fourth-order valence-electron chi connectivity index (χ4n) is 3.63. The number of thioether (sulfide) groups is 1. The Morgan fingerprint density at radius 3 is 2.83 bits per heavy atom. The van der Waals surface area contributed by atoms with Crippen molar-refractivity contribution < 1.29 is 9.72 Å². The van der Waals surface area contributed by atoms with E-state index in [9.17, 15) is 14.9 Å². The monoisotopic (exact) mass is 440 g/mol. The van der Waals surface area contributed by atoms with Crippen LogP contribution < -0.4 is 5.32 Å². The third-order valence-corrected chi connectivity index (χ3v) is 7.17. The molecule has 0 spiro atoms. The molecule has 11 heteroatoms. The second kappa shape index (κ2) is 7.65. The maximum atomic E-state index is 12.3. The van der Waals surface area contributed by atoms with Crippen molar-refractivity contribution >= 4 is 56.2 Å². The average molecular weight is 441 g/mol. The number of carbonyl (C=O) groups is 1. The van der Waals surface area contributed by atoms with E-state index >= 15 is 0 Å². The first-order chi connectivity index (χ1) is 14.6. The molecule has 1 amide bonds. The summed E-state index contributed by atoms with van der Waals surface area (Å²) < 4.78 is 1.84. The highest BCUT2D eigenvalue weighted by molar-refractivity contribution is 7.99. The number of aromatic nitrogens is 4. The van der Waals surface area contributed by atoms with E-state index in [0.29, 0.717) is 10.8 Å². The Hall–Kier alpha value is -3.05. The first-order valence-electron chi connectivity index (χ1n) is 9.41. The summed E-state index contributed by atoms with van der Waals surface area (Å²) in [7, 11) is 0. The molecule has 0 saturated heterocycles. The van der Waals surface area contributed by atoms with Gasteiger partial charge in [0, 0.05) is 22.7 Å². The molecule has 5 rings (SSSR count). The molecule has 152 valence electrons. The van der Waals surface area contributed by atoms with E-state index in [1.807, 2.05) is 4.40 Å². The lowest BCUT2D eigenvalue weighted by molar-refractivity contribution is -0.384. The summed E-state index contributed by atoms with van der Waals surface area (Å²) in [6, 6.07) is 5.72. The lowest BCUT2D eigenvalue weighted by Crippen LogP contribution is -2.14. The van der Waals surface area contributed by atoms with Gasteiger partial charge in [-0.25, -0.2) is 4.98 Å². The fraction of sp³-hybridized carbons (Fsp3) is 0.263.